The van der Waals surface area contributed by atoms with Crippen LogP contribution in [-0.4, -0.2) is 33.8 Å². The highest BCUT2D eigenvalue weighted by molar-refractivity contribution is 8.02. The average molecular weight is 356 g/mol. The number of benzene rings is 2. The van der Waals surface area contributed by atoms with Gasteiger partial charge in [0.1, 0.15) is 6.23 Å². The van der Waals surface area contributed by atoms with Crippen LogP contribution in [0.15, 0.2) is 54.6 Å². The van der Waals surface area contributed by atoms with Gasteiger partial charge < -0.3 is 4.74 Å². The highest BCUT2D eigenvalue weighted by atomic mass is 32.2. The van der Waals surface area contributed by atoms with E-state index in [1.807, 2.05) is 59.5 Å². The number of methoxy groups -OCH3 is 1. The van der Waals surface area contributed by atoms with Crippen molar-refractivity contribution in [1.82, 2.24) is 4.90 Å². The first-order valence-corrected chi connectivity index (χ1v) is 9.30. The summed E-state index contributed by atoms with van der Waals surface area (Å²) in [7, 11) is 1.68. The predicted octanol–water partition coefficient (Wildman–Crippen LogP) is 5.03. The van der Waals surface area contributed by atoms with E-state index < -0.39 is 0 Å². The van der Waals surface area contributed by atoms with E-state index in [4.69, 9.17) is 4.74 Å². The Morgan fingerprint density at radius 1 is 1.00 bits per heavy atom. The fourth-order valence-electron chi connectivity index (χ4n) is 3.75. The number of amides is 1. The summed E-state index contributed by atoms with van der Waals surface area (Å²) in [6, 6.07) is 17.8. The van der Waals surface area contributed by atoms with Crippen LogP contribution in [0.3, 0.4) is 0 Å². The molecule has 2 aromatic rings. The third-order valence-electron chi connectivity index (χ3n) is 4.61. The number of hydrogen-bond donors (Lipinski definition) is 0. The standard InChI is InChI=1S/C21H25NO2S/c1-20(2)19(24-5)22(21(3,4)25-20)18(23)17-14-10-9-13-16(17)15-11-7-6-8-12-15/h6-14,19H,1-5H3/t19-/m0/s1. The molecular formula is C21H25NO2S. The number of hydrogen-bond acceptors (Lipinski definition) is 3. The van der Waals surface area contributed by atoms with E-state index in [0.29, 0.717) is 5.56 Å². The summed E-state index contributed by atoms with van der Waals surface area (Å²) in [5.41, 5.74) is 2.71. The van der Waals surface area contributed by atoms with Crippen LogP contribution < -0.4 is 0 Å². The Labute approximate surface area is 154 Å². The van der Waals surface area contributed by atoms with E-state index in [2.05, 4.69) is 27.7 Å². The molecule has 2 aromatic carbocycles. The first kappa shape index (κ1) is 18.0. The molecule has 0 saturated carbocycles. The van der Waals surface area contributed by atoms with E-state index in [0.717, 1.165) is 11.1 Å². The summed E-state index contributed by atoms with van der Waals surface area (Å²) in [6.07, 6.45) is -0.274. The molecule has 3 nitrogen and oxygen atoms in total. The van der Waals surface area contributed by atoms with Crippen LogP contribution in [0.2, 0.25) is 0 Å². The second-order valence-electron chi connectivity index (χ2n) is 7.33. The smallest absolute Gasteiger partial charge is 0.257 e. The van der Waals surface area contributed by atoms with Crippen LogP contribution in [0.25, 0.3) is 11.1 Å². The highest BCUT2D eigenvalue weighted by Gasteiger charge is 2.54. The molecule has 132 valence electrons. The fraction of sp³-hybridized carbons (Fsp3) is 0.381. The third kappa shape index (κ3) is 3.21. The van der Waals surface area contributed by atoms with Crippen molar-refractivity contribution in [3.8, 4) is 11.1 Å². The third-order valence-corrected chi connectivity index (χ3v) is 6.03. The van der Waals surface area contributed by atoms with Crippen molar-refractivity contribution in [2.75, 3.05) is 7.11 Å². The minimum atomic E-state index is -0.342. The van der Waals surface area contributed by atoms with Crippen LogP contribution in [0.4, 0.5) is 0 Å². The van der Waals surface area contributed by atoms with Crippen molar-refractivity contribution >= 4 is 17.7 Å². The van der Waals surface area contributed by atoms with E-state index in [1.54, 1.807) is 18.9 Å². The summed E-state index contributed by atoms with van der Waals surface area (Å²) in [6.45, 7) is 8.43. The Hall–Kier alpha value is -1.78. The van der Waals surface area contributed by atoms with Crippen LogP contribution in [0.5, 0.6) is 0 Å². The van der Waals surface area contributed by atoms with Crippen LogP contribution in [-0.2, 0) is 4.74 Å². The molecule has 1 heterocycles. The van der Waals surface area contributed by atoms with Crippen molar-refractivity contribution in [3.05, 3.63) is 60.2 Å². The lowest BCUT2D eigenvalue weighted by atomic mass is 9.98. The minimum absolute atomic E-state index is 0.00868. The van der Waals surface area contributed by atoms with Gasteiger partial charge in [0.2, 0.25) is 0 Å². The second-order valence-corrected chi connectivity index (χ2v) is 9.58. The van der Waals surface area contributed by atoms with E-state index in [9.17, 15) is 4.79 Å². The number of rotatable bonds is 3. The topological polar surface area (TPSA) is 29.5 Å². The van der Waals surface area contributed by atoms with Gasteiger partial charge in [0.25, 0.3) is 5.91 Å². The Morgan fingerprint density at radius 2 is 1.60 bits per heavy atom. The lowest BCUT2D eigenvalue weighted by Gasteiger charge is -2.35. The summed E-state index contributed by atoms with van der Waals surface area (Å²) >= 11 is 1.77. The molecule has 1 atom stereocenters. The molecular weight excluding hydrogens is 330 g/mol. The lowest BCUT2D eigenvalue weighted by Crippen LogP contribution is -2.50. The molecule has 0 aliphatic carbocycles. The van der Waals surface area contributed by atoms with E-state index in [1.165, 1.54) is 0 Å². The first-order valence-electron chi connectivity index (χ1n) is 8.49. The number of nitrogens with zero attached hydrogens (tertiary/aromatic N) is 1. The molecule has 1 fully saturated rings. The van der Waals surface area contributed by atoms with Gasteiger partial charge >= 0.3 is 0 Å². The largest absolute Gasteiger partial charge is 0.360 e. The average Bonchev–Trinajstić information content (AvgIpc) is 2.78. The van der Waals surface area contributed by atoms with E-state index in [-0.39, 0.29) is 21.8 Å². The molecule has 4 heteroatoms. The number of carbonyl (C=O) groups is 1. The summed E-state index contributed by atoms with van der Waals surface area (Å²) in [5, 5.41) is 0. The monoisotopic (exact) mass is 355 g/mol. The normalized spacial score (nSPS) is 21.3. The van der Waals surface area contributed by atoms with Gasteiger partial charge in [0.15, 0.2) is 0 Å². The zero-order chi connectivity index (χ0) is 18.2. The minimum Gasteiger partial charge on any atom is -0.360 e. The summed E-state index contributed by atoms with van der Waals surface area (Å²) in [5.74, 6) is 0.00868. The van der Waals surface area contributed by atoms with E-state index >= 15 is 0 Å². The summed E-state index contributed by atoms with van der Waals surface area (Å²) < 4.78 is 5.58. The van der Waals surface area contributed by atoms with Gasteiger partial charge in [-0.15, -0.1) is 11.8 Å². The quantitative estimate of drug-likeness (QED) is 0.773. The van der Waals surface area contributed by atoms with Gasteiger partial charge in [0.05, 0.1) is 9.62 Å². The first-order chi connectivity index (χ1) is 11.8. The maximum absolute atomic E-state index is 13.5. The molecule has 1 aliphatic rings. The second kappa shape index (κ2) is 6.50. The molecule has 1 aliphatic heterocycles. The van der Waals surface area contributed by atoms with Crippen molar-refractivity contribution < 1.29 is 9.53 Å². The van der Waals surface area contributed by atoms with Gasteiger partial charge in [-0.05, 0) is 44.9 Å². The highest BCUT2D eigenvalue weighted by Crippen LogP contribution is 2.51. The fourth-order valence-corrected chi connectivity index (χ4v) is 5.61. The van der Waals surface area contributed by atoms with Crippen LogP contribution in [0.1, 0.15) is 38.1 Å². The van der Waals surface area contributed by atoms with Crippen molar-refractivity contribution in [2.24, 2.45) is 0 Å². The van der Waals surface area contributed by atoms with Crippen molar-refractivity contribution in [3.63, 3.8) is 0 Å². The van der Waals surface area contributed by atoms with Crippen molar-refractivity contribution in [1.29, 1.82) is 0 Å². The molecule has 0 aromatic heterocycles. The SMILES string of the molecule is CO[C@@H]1N(C(=O)c2ccccc2-c2ccccc2)C(C)(C)SC1(C)C. The maximum Gasteiger partial charge on any atom is 0.257 e. The van der Waals surface area contributed by atoms with Crippen molar-refractivity contribution in [2.45, 2.75) is 43.5 Å². The number of ether oxygens (including phenoxy) is 1. The Morgan fingerprint density at radius 3 is 2.24 bits per heavy atom. The molecule has 0 N–H and O–H groups in total. The lowest BCUT2D eigenvalue weighted by molar-refractivity contribution is -0.0419. The molecule has 0 spiro atoms. The summed E-state index contributed by atoms with van der Waals surface area (Å²) in [4.78, 5) is 15.1. The Kier molecular flexibility index (Phi) is 4.69. The number of thioether (sulfide) groups is 1. The van der Waals surface area contributed by atoms with Gasteiger partial charge in [0, 0.05) is 12.7 Å². The molecule has 1 saturated heterocycles. The van der Waals surface area contributed by atoms with Gasteiger partial charge in [-0.3, -0.25) is 9.69 Å². The zero-order valence-electron chi connectivity index (χ0n) is 15.4. The molecule has 0 radical (unpaired) electrons. The Bertz CT molecular complexity index is 770. The van der Waals surface area contributed by atoms with Gasteiger partial charge in [-0.1, -0.05) is 48.5 Å². The van der Waals surface area contributed by atoms with Gasteiger partial charge in [-0.25, -0.2) is 0 Å². The van der Waals surface area contributed by atoms with Crippen LogP contribution >= 0.6 is 11.8 Å². The molecule has 3 rings (SSSR count). The molecule has 0 unspecified atom stereocenters. The zero-order valence-corrected chi connectivity index (χ0v) is 16.3. The Balaban J connectivity index is 2.07. The number of carbonyl (C=O) groups excluding carboxylic acids is 1. The van der Waals surface area contributed by atoms with Crippen LogP contribution in [0, 0.1) is 0 Å². The van der Waals surface area contributed by atoms with Gasteiger partial charge in [-0.2, -0.15) is 0 Å². The maximum atomic E-state index is 13.5. The molecule has 0 bridgehead atoms. The molecule has 25 heavy (non-hydrogen) atoms. The molecule has 1 amide bonds. The predicted molar refractivity (Wildman–Crippen MR) is 105 cm³/mol.